The molecule has 0 saturated carbocycles. The maximum Gasteiger partial charge on any atom is 0.180 e. The molecule has 2 rings (SSSR count). The van der Waals surface area contributed by atoms with Crippen LogP contribution in [-0.4, -0.2) is 4.98 Å². The third kappa shape index (κ3) is 2.34. The van der Waals surface area contributed by atoms with Crippen molar-refractivity contribution >= 4 is 5.69 Å². The Morgan fingerprint density at radius 2 is 2.33 bits per heavy atom. The van der Waals surface area contributed by atoms with E-state index >= 15 is 0 Å². The summed E-state index contributed by atoms with van der Waals surface area (Å²) in [5.41, 5.74) is 1.49. The van der Waals surface area contributed by atoms with Crippen LogP contribution in [-0.2, 0) is 6.54 Å². The molecule has 0 unspecified atom stereocenters. The first kappa shape index (κ1) is 9.71. The van der Waals surface area contributed by atoms with Crippen LogP contribution >= 0.6 is 0 Å². The first-order chi connectivity index (χ1) is 7.25. The van der Waals surface area contributed by atoms with E-state index in [1.807, 2.05) is 0 Å². The smallest absolute Gasteiger partial charge is 0.180 e. The summed E-state index contributed by atoms with van der Waals surface area (Å²) in [6, 6.07) is 4.89. The van der Waals surface area contributed by atoms with Gasteiger partial charge in [-0.05, 0) is 30.7 Å². The molecule has 78 valence electrons. The molecule has 3 nitrogen and oxygen atoms in total. The van der Waals surface area contributed by atoms with Crippen LogP contribution in [0.4, 0.5) is 10.1 Å². The molecule has 0 spiro atoms. The van der Waals surface area contributed by atoms with Crippen molar-refractivity contribution in [2.45, 2.75) is 13.5 Å². The Kier molecular flexibility index (Phi) is 2.67. The second-order valence-corrected chi connectivity index (χ2v) is 3.29. The maximum atomic E-state index is 13.0. The summed E-state index contributed by atoms with van der Waals surface area (Å²) in [6.07, 6.45) is 3.02. The van der Waals surface area contributed by atoms with Crippen LogP contribution in [0.2, 0.25) is 0 Å². The van der Waals surface area contributed by atoms with Gasteiger partial charge in [-0.2, -0.15) is 0 Å². The van der Waals surface area contributed by atoms with Gasteiger partial charge in [-0.3, -0.25) is 0 Å². The van der Waals surface area contributed by atoms with Gasteiger partial charge in [-0.15, -0.1) is 0 Å². The van der Waals surface area contributed by atoms with E-state index in [2.05, 4.69) is 10.3 Å². The molecule has 0 aliphatic heterocycles. The van der Waals surface area contributed by atoms with Gasteiger partial charge in [0, 0.05) is 5.69 Å². The van der Waals surface area contributed by atoms with E-state index in [0.717, 1.165) is 11.4 Å². The summed E-state index contributed by atoms with van der Waals surface area (Å²) >= 11 is 0. The van der Waals surface area contributed by atoms with Crippen molar-refractivity contribution in [2.24, 2.45) is 0 Å². The van der Waals surface area contributed by atoms with Gasteiger partial charge in [0.25, 0.3) is 0 Å². The maximum absolute atomic E-state index is 13.0. The van der Waals surface area contributed by atoms with Crippen LogP contribution in [0.5, 0.6) is 0 Å². The zero-order chi connectivity index (χ0) is 10.7. The Balaban J connectivity index is 2.02. The van der Waals surface area contributed by atoms with Gasteiger partial charge in [0.2, 0.25) is 0 Å². The Morgan fingerprint density at radius 3 is 3.00 bits per heavy atom. The van der Waals surface area contributed by atoms with E-state index in [1.165, 1.54) is 12.5 Å². The average Bonchev–Trinajstić information content (AvgIpc) is 2.73. The fraction of sp³-hybridized carbons (Fsp3) is 0.182. The average molecular weight is 206 g/mol. The fourth-order valence-corrected chi connectivity index (χ4v) is 1.27. The number of hydrogen-bond donors (Lipinski definition) is 1. The van der Waals surface area contributed by atoms with Crippen molar-refractivity contribution < 1.29 is 8.81 Å². The molecule has 1 aromatic heterocycles. The number of aromatic nitrogens is 1. The van der Waals surface area contributed by atoms with Crippen molar-refractivity contribution in [2.75, 3.05) is 5.32 Å². The Hall–Kier alpha value is -1.84. The second-order valence-electron chi connectivity index (χ2n) is 3.29. The summed E-state index contributed by atoms with van der Waals surface area (Å²) in [5.74, 6) is 0.553. The predicted molar refractivity (Wildman–Crippen MR) is 55.0 cm³/mol. The molecular weight excluding hydrogens is 195 g/mol. The van der Waals surface area contributed by atoms with E-state index in [0.29, 0.717) is 12.1 Å². The number of nitrogens with zero attached hydrogens (tertiary/aromatic N) is 1. The highest BCUT2D eigenvalue weighted by Gasteiger charge is 2.00. The molecule has 4 heteroatoms. The third-order valence-electron chi connectivity index (χ3n) is 2.11. The van der Waals surface area contributed by atoms with Crippen molar-refractivity contribution in [1.29, 1.82) is 0 Å². The lowest BCUT2D eigenvalue weighted by Crippen LogP contribution is -1.98. The van der Waals surface area contributed by atoms with E-state index in [9.17, 15) is 4.39 Å². The van der Waals surface area contributed by atoms with Crippen molar-refractivity contribution in [1.82, 2.24) is 4.98 Å². The van der Waals surface area contributed by atoms with Gasteiger partial charge in [0.15, 0.2) is 6.39 Å². The second kappa shape index (κ2) is 4.13. The zero-order valence-electron chi connectivity index (χ0n) is 8.33. The van der Waals surface area contributed by atoms with Crippen LogP contribution in [0.3, 0.4) is 0 Å². The molecule has 1 heterocycles. The highest BCUT2D eigenvalue weighted by atomic mass is 19.1. The van der Waals surface area contributed by atoms with E-state index in [1.54, 1.807) is 25.3 Å². The molecule has 15 heavy (non-hydrogen) atoms. The van der Waals surface area contributed by atoms with Gasteiger partial charge >= 0.3 is 0 Å². The number of nitrogens with one attached hydrogen (secondary N) is 1. The quantitative estimate of drug-likeness (QED) is 0.839. The molecule has 1 aromatic carbocycles. The Morgan fingerprint density at radius 1 is 1.47 bits per heavy atom. The lowest BCUT2D eigenvalue weighted by Gasteiger charge is -2.05. The van der Waals surface area contributed by atoms with Crippen LogP contribution < -0.4 is 5.32 Å². The molecule has 0 bridgehead atoms. The lowest BCUT2D eigenvalue weighted by atomic mass is 10.2. The SMILES string of the molecule is Cc1cc(NCc2cnco2)ccc1F. The summed E-state index contributed by atoms with van der Waals surface area (Å²) in [5, 5.41) is 3.11. The molecule has 0 aliphatic carbocycles. The molecule has 0 fully saturated rings. The first-order valence-electron chi connectivity index (χ1n) is 4.63. The number of hydrogen-bond acceptors (Lipinski definition) is 3. The molecule has 2 aromatic rings. The normalized spacial score (nSPS) is 10.3. The third-order valence-corrected chi connectivity index (χ3v) is 2.11. The van der Waals surface area contributed by atoms with E-state index in [4.69, 9.17) is 4.42 Å². The number of anilines is 1. The van der Waals surface area contributed by atoms with Crippen molar-refractivity contribution in [3.63, 3.8) is 0 Å². The topological polar surface area (TPSA) is 38.1 Å². The molecule has 1 N–H and O–H groups in total. The van der Waals surface area contributed by atoms with Gasteiger partial charge in [0.1, 0.15) is 11.6 Å². The Bertz CT molecular complexity index is 440. The largest absolute Gasteiger partial charge is 0.447 e. The summed E-state index contributed by atoms with van der Waals surface area (Å²) in [4.78, 5) is 3.80. The predicted octanol–water partition coefficient (Wildman–Crippen LogP) is 2.73. The van der Waals surface area contributed by atoms with E-state index < -0.39 is 0 Å². The minimum atomic E-state index is -0.194. The van der Waals surface area contributed by atoms with Crippen LogP contribution in [0.15, 0.2) is 35.2 Å². The van der Waals surface area contributed by atoms with Gasteiger partial charge in [0.05, 0.1) is 12.7 Å². The summed E-state index contributed by atoms with van der Waals surface area (Å²) in [6.45, 7) is 2.28. The standard InChI is InChI=1S/C11H11FN2O/c1-8-4-9(2-3-11(8)12)14-6-10-5-13-7-15-10/h2-5,7,14H,6H2,1H3. The molecule has 0 radical (unpaired) electrons. The summed E-state index contributed by atoms with van der Waals surface area (Å²) in [7, 11) is 0. The van der Waals surface area contributed by atoms with Crippen molar-refractivity contribution in [3.8, 4) is 0 Å². The lowest BCUT2D eigenvalue weighted by molar-refractivity contribution is 0.511. The van der Waals surface area contributed by atoms with Crippen LogP contribution in [0.25, 0.3) is 0 Å². The van der Waals surface area contributed by atoms with Crippen LogP contribution in [0.1, 0.15) is 11.3 Å². The molecule has 0 aliphatic rings. The minimum absolute atomic E-state index is 0.194. The minimum Gasteiger partial charge on any atom is -0.447 e. The van der Waals surface area contributed by atoms with Gasteiger partial charge in [-0.25, -0.2) is 9.37 Å². The zero-order valence-corrected chi connectivity index (χ0v) is 8.33. The van der Waals surface area contributed by atoms with Crippen molar-refractivity contribution in [3.05, 3.63) is 47.9 Å². The number of halogens is 1. The van der Waals surface area contributed by atoms with Crippen LogP contribution in [0, 0.1) is 12.7 Å². The number of rotatable bonds is 3. The highest BCUT2D eigenvalue weighted by Crippen LogP contribution is 2.14. The van der Waals surface area contributed by atoms with Gasteiger partial charge < -0.3 is 9.73 Å². The Labute approximate surface area is 86.9 Å². The first-order valence-corrected chi connectivity index (χ1v) is 4.63. The number of oxazole rings is 1. The molecule has 0 amide bonds. The molecule has 0 saturated heterocycles. The molecular formula is C11H11FN2O. The number of benzene rings is 1. The van der Waals surface area contributed by atoms with Gasteiger partial charge in [-0.1, -0.05) is 0 Å². The van der Waals surface area contributed by atoms with E-state index in [-0.39, 0.29) is 5.82 Å². The monoisotopic (exact) mass is 206 g/mol. The fourth-order valence-electron chi connectivity index (χ4n) is 1.27. The number of aryl methyl sites for hydroxylation is 1. The highest BCUT2D eigenvalue weighted by molar-refractivity contribution is 5.45. The summed E-state index contributed by atoms with van der Waals surface area (Å²) < 4.78 is 18.0. The molecule has 0 atom stereocenters.